The molecule has 0 aromatic heterocycles. The van der Waals surface area contributed by atoms with Crippen LogP contribution in [0.3, 0.4) is 0 Å². The summed E-state index contributed by atoms with van der Waals surface area (Å²) in [5.41, 5.74) is 2.29. The minimum atomic E-state index is -0.846. The molecule has 5 heteroatoms. The molecule has 0 spiro atoms. The Morgan fingerprint density at radius 2 is 2.00 bits per heavy atom. The van der Waals surface area contributed by atoms with Gasteiger partial charge in [-0.1, -0.05) is 15.9 Å². The van der Waals surface area contributed by atoms with E-state index >= 15 is 0 Å². The third-order valence-electron chi connectivity index (χ3n) is 3.12. The first-order valence-electron chi connectivity index (χ1n) is 5.85. The van der Waals surface area contributed by atoms with E-state index in [1.807, 2.05) is 26.0 Å². The van der Waals surface area contributed by atoms with Gasteiger partial charge in [-0.15, -0.1) is 0 Å². The van der Waals surface area contributed by atoms with E-state index in [-0.39, 0.29) is 0 Å². The second-order valence-electron chi connectivity index (χ2n) is 4.74. The molecule has 0 bridgehead atoms. The molecular formula is C13H16BrNO3. The van der Waals surface area contributed by atoms with E-state index in [1.54, 1.807) is 0 Å². The Hall–Kier alpha value is -1.23. The van der Waals surface area contributed by atoms with Crippen molar-refractivity contribution in [1.29, 1.82) is 0 Å². The molecule has 1 aliphatic rings. The van der Waals surface area contributed by atoms with E-state index in [1.165, 1.54) is 4.90 Å². The number of ether oxygens (including phenoxy) is 1. The molecule has 18 heavy (non-hydrogen) atoms. The van der Waals surface area contributed by atoms with E-state index < -0.39 is 6.09 Å². The quantitative estimate of drug-likeness (QED) is 0.933. The Kier molecular flexibility index (Phi) is 3.80. The topological polar surface area (TPSA) is 49.8 Å². The minimum Gasteiger partial charge on any atom is -0.493 e. The van der Waals surface area contributed by atoms with Crippen LogP contribution in [0.4, 0.5) is 4.79 Å². The van der Waals surface area contributed by atoms with E-state index in [0.717, 1.165) is 21.3 Å². The lowest BCUT2D eigenvalue weighted by Crippen LogP contribution is -2.51. The van der Waals surface area contributed by atoms with Gasteiger partial charge < -0.3 is 14.7 Å². The van der Waals surface area contributed by atoms with Crippen molar-refractivity contribution in [3.8, 4) is 5.75 Å². The number of aryl methyl sites for hydroxylation is 2. The highest BCUT2D eigenvalue weighted by Gasteiger charge is 2.30. The molecule has 0 saturated carbocycles. The number of carboxylic acid groups (broad SMARTS) is 1. The average Bonchev–Trinajstić information content (AvgIpc) is 2.23. The average molecular weight is 314 g/mol. The van der Waals surface area contributed by atoms with E-state index in [2.05, 4.69) is 15.9 Å². The van der Waals surface area contributed by atoms with Crippen LogP contribution in [0.25, 0.3) is 0 Å². The number of rotatable bonds is 3. The number of carbonyl (C=O) groups is 1. The van der Waals surface area contributed by atoms with E-state index in [9.17, 15) is 4.79 Å². The maximum absolute atomic E-state index is 10.6. The van der Waals surface area contributed by atoms with Crippen LogP contribution in [0.15, 0.2) is 16.6 Å². The highest BCUT2D eigenvalue weighted by Crippen LogP contribution is 2.27. The number of amides is 1. The Morgan fingerprint density at radius 3 is 2.50 bits per heavy atom. The molecule has 1 amide bonds. The third-order valence-corrected chi connectivity index (χ3v) is 4.37. The van der Waals surface area contributed by atoms with Crippen LogP contribution in [0.2, 0.25) is 0 Å². The zero-order valence-corrected chi connectivity index (χ0v) is 12.0. The zero-order chi connectivity index (χ0) is 13.3. The van der Waals surface area contributed by atoms with Gasteiger partial charge in [-0.2, -0.15) is 0 Å². The summed E-state index contributed by atoms with van der Waals surface area (Å²) in [6, 6.07) is 3.98. The standard InChI is InChI=1S/C13H16BrNO3/c1-8-3-11(4-9(2)12(8)14)18-7-10-5-15(6-10)13(16)17/h3-4,10H,5-7H2,1-2H3,(H,16,17). The van der Waals surface area contributed by atoms with Crippen molar-refractivity contribution in [2.45, 2.75) is 13.8 Å². The van der Waals surface area contributed by atoms with Crippen molar-refractivity contribution in [3.05, 3.63) is 27.7 Å². The van der Waals surface area contributed by atoms with E-state index in [4.69, 9.17) is 9.84 Å². The largest absolute Gasteiger partial charge is 0.493 e. The molecule has 0 unspecified atom stereocenters. The minimum absolute atomic E-state index is 0.311. The smallest absolute Gasteiger partial charge is 0.407 e. The molecule has 1 aliphatic heterocycles. The van der Waals surface area contributed by atoms with Crippen LogP contribution in [0, 0.1) is 19.8 Å². The first-order chi connectivity index (χ1) is 8.47. The second-order valence-corrected chi connectivity index (χ2v) is 5.53. The molecule has 4 nitrogen and oxygen atoms in total. The molecular weight excluding hydrogens is 298 g/mol. The Balaban J connectivity index is 1.87. The Bertz CT molecular complexity index is 446. The zero-order valence-electron chi connectivity index (χ0n) is 10.4. The van der Waals surface area contributed by atoms with Crippen molar-refractivity contribution in [1.82, 2.24) is 4.90 Å². The normalized spacial score (nSPS) is 15.4. The monoisotopic (exact) mass is 313 g/mol. The summed E-state index contributed by atoms with van der Waals surface area (Å²) in [6.07, 6.45) is -0.846. The van der Waals surface area contributed by atoms with Gasteiger partial charge in [-0.3, -0.25) is 0 Å². The van der Waals surface area contributed by atoms with Gasteiger partial charge in [0.1, 0.15) is 5.75 Å². The molecule has 1 saturated heterocycles. The highest BCUT2D eigenvalue weighted by molar-refractivity contribution is 9.10. The third kappa shape index (κ3) is 2.77. The first-order valence-corrected chi connectivity index (χ1v) is 6.64. The summed E-state index contributed by atoms with van der Waals surface area (Å²) in [5, 5.41) is 8.72. The summed E-state index contributed by atoms with van der Waals surface area (Å²) in [5.74, 6) is 1.16. The molecule has 1 aromatic rings. The van der Waals surface area contributed by atoms with Gasteiger partial charge in [0, 0.05) is 23.5 Å². The molecule has 1 aromatic carbocycles. The lowest BCUT2D eigenvalue weighted by atomic mass is 10.0. The highest BCUT2D eigenvalue weighted by atomic mass is 79.9. The molecule has 1 heterocycles. The summed E-state index contributed by atoms with van der Waals surface area (Å²) in [4.78, 5) is 12.0. The van der Waals surface area contributed by atoms with Crippen molar-refractivity contribution >= 4 is 22.0 Å². The maximum atomic E-state index is 10.6. The Morgan fingerprint density at radius 1 is 1.44 bits per heavy atom. The number of halogens is 1. The number of likely N-dealkylation sites (tertiary alicyclic amines) is 1. The molecule has 0 atom stereocenters. The van der Waals surface area contributed by atoms with Crippen molar-refractivity contribution < 1.29 is 14.6 Å². The summed E-state index contributed by atoms with van der Waals surface area (Å²) in [7, 11) is 0. The lowest BCUT2D eigenvalue weighted by molar-refractivity contribution is 0.0585. The van der Waals surface area contributed by atoms with Crippen LogP contribution >= 0.6 is 15.9 Å². The number of benzene rings is 1. The van der Waals surface area contributed by atoms with Gasteiger partial charge in [0.15, 0.2) is 0 Å². The second kappa shape index (κ2) is 5.18. The predicted octanol–water partition coefficient (Wildman–Crippen LogP) is 3.05. The van der Waals surface area contributed by atoms with Crippen molar-refractivity contribution in [2.24, 2.45) is 5.92 Å². The van der Waals surface area contributed by atoms with Gasteiger partial charge in [0.25, 0.3) is 0 Å². The fraction of sp³-hybridized carbons (Fsp3) is 0.462. The van der Waals surface area contributed by atoms with Crippen LogP contribution in [-0.2, 0) is 0 Å². The van der Waals surface area contributed by atoms with Crippen LogP contribution in [-0.4, -0.2) is 35.8 Å². The summed E-state index contributed by atoms with van der Waals surface area (Å²) >= 11 is 3.51. The van der Waals surface area contributed by atoms with E-state index in [0.29, 0.717) is 25.6 Å². The van der Waals surface area contributed by atoms with Gasteiger partial charge in [0.2, 0.25) is 0 Å². The summed E-state index contributed by atoms with van der Waals surface area (Å²) in [6.45, 7) is 5.77. The van der Waals surface area contributed by atoms with Crippen LogP contribution in [0.1, 0.15) is 11.1 Å². The molecule has 1 fully saturated rings. The number of hydrogen-bond acceptors (Lipinski definition) is 2. The van der Waals surface area contributed by atoms with Crippen LogP contribution in [0.5, 0.6) is 5.75 Å². The first kappa shape index (κ1) is 13.2. The van der Waals surface area contributed by atoms with Crippen molar-refractivity contribution in [2.75, 3.05) is 19.7 Å². The number of hydrogen-bond donors (Lipinski definition) is 1. The van der Waals surface area contributed by atoms with Crippen molar-refractivity contribution in [3.63, 3.8) is 0 Å². The fourth-order valence-electron chi connectivity index (χ4n) is 2.04. The lowest BCUT2D eigenvalue weighted by Gasteiger charge is -2.36. The molecule has 1 N–H and O–H groups in total. The van der Waals surface area contributed by atoms with Gasteiger partial charge >= 0.3 is 6.09 Å². The van der Waals surface area contributed by atoms with Gasteiger partial charge in [0.05, 0.1) is 6.61 Å². The molecule has 0 aliphatic carbocycles. The Labute approximate surface area is 115 Å². The van der Waals surface area contributed by atoms with Gasteiger partial charge in [-0.25, -0.2) is 4.79 Å². The fourth-order valence-corrected chi connectivity index (χ4v) is 2.26. The SMILES string of the molecule is Cc1cc(OCC2CN(C(=O)O)C2)cc(C)c1Br. The molecule has 98 valence electrons. The summed E-state index contributed by atoms with van der Waals surface area (Å²) < 4.78 is 6.82. The number of nitrogens with zero attached hydrogens (tertiary/aromatic N) is 1. The molecule has 0 radical (unpaired) electrons. The predicted molar refractivity (Wildman–Crippen MR) is 72.2 cm³/mol. The molecule has 2 rings (SSSR count). The maximum Gasteiger partial charge on any atom is 0.407 e. The van der Waals surface area contributed by atoms with Gasteiger partial charge in [-0.05, 0) is 37.1 Å². The van der Waals surface area contributed by atoms with Crippen LogP contribution < -0.4 is 4.74 Å².